The molecule has 0 aliphatic carbocycles. The van der Waals surface area contributed by atoms with Crippen LogP contribution in [0.5, 0.6) is 0 Å². The molecule has 4 rings (SSSR count). The lowest BCUT2D eigenvalue weighted by molar-refractivity contribution is 0.177. The number of rotatable bonds is 6. The van der Waals surface area contributed by atoms with Gasteiger partial charge in [-0.25, -0.2) is 34.0 Å². The number of benzene rings is 1. The van der Waals surface area contributed by atoms with E-state index in [1.165, 1.54) is 17.3 Å². The third-order valence-electron chi connectivity index (χ3n) is 5.35. The van der Waals surface area contributed by atoms with Gasteiger partial charge in [0.15, 0.2) is 0 Å². The van der Waals surface area contributed by atoms with Crippen LogP contribution in [0, 0.1) is 18.7 Å². The summed E-state index contributed by atoms with van der Waals surface area (Å²) in [5, 5.41) is 3.14. The Morgan fingerprint density at radius 1 is 1.12 bits per heavy atom. The number of carbonyl (C=O) groups excluding carboxylic acids is 1. The lowest BCUT2D eigenvalue weighted by atomic mass is 10.1. The van der Waals surface area contributed by atoms with Crippen LogP contribution in [0.2, 0.25) is 0 Å². The SMILES string of the molecule is Cc1cc(-c2cnc([C@@H](C)Nc3ncnc(N4C(=O)OCC4C(C)C)n3)nc2)ccc1F. The molecule has 1 aliphatic heterocycles. The number of nitrogens with zero attached hydrogens (tertiary/aromatic N) is 6. The number of cyclic esters (lactones) is 1. The summed E-state index contributed by atoms with van der Waals surface area (Å²) in [5.74, 6) is 1.01. The number of halogens is 1. The van der Waals surface area contributed by atoms with Crippen LogP contribution in [-0.2, 0) is 4.74 Å². The summed E-state index contributed by atoms with van der Waals surface area (Å²) >= 11 is 0. The molecule has 0 bridgehead atoms. The second-order valence-corrected chi connectivity index (χ2v) is 8.03. The molecular weight excluding hydrogens is 413 g/mol. The maximum atomic E-state index is 13.5. The minimum absolute atomic E-state index is 0.138. The lowest BCUT2D eigenvalue weighted by Gasteiger charge is -2.22. The predicted octanol–water partition coefficient (Wildman–Crippen LogP) is 3.93. The van der Waals surface area contributed by atoms with Gasteiger partial charge < -0.3 is 10.1 Å². The number of ether oxygens (including phenoxy) is 1. The van der Waals surface area contributed by atoms with Gasteiger partial charge in [-0.15, -0.1) is 0 Å². The van der Waals surface area contributed by atoms with Crippen LogP contribution in [0.4, 0.5) is 21.1 Å². The highest BCUT2D eigenvalue weighted by Crippen LogP contribution is 2.25. The Morgan fingerprint density at radius 3 is 2.56 bits per heavy atom. The number of anilines is 2. The van der Waals surface area contributed by atoms with Crippen LogP contribution in [0.25, 0.3) is 11.1 Å². The third kappa shape index (κ3) is 4.34. The second-order valence-electron chi connectivity index (χ2n) is 8.03. The monoisotopic (exact) mass is 437 g/mol. The van der Waals surface area contributed by atoms with Gasteiger partial charge in [-0.2, -0.15) is 4.98 Å². The fourth-order valence-corrected chi connectivity index (χ4v) is 3.42. The van der Waals surface area contributed by atoms with Crippen molar-refractivity contribution in [2.75, 3.05) is 16.8 Å². The maximum absolute atomic E-state index is 13.5. The number of carbonyl (C=O) groups is 1. The number of hydrogen-bond donors (Lipinski definition) is 1. The molecule has 0 radical (unpaired) electrons. The van der Waals surface area contributed by atoms with Gasteiger partial charge in [0.2, 0.25) is 11.9 Å². The Bertz CT molecular complexity index is 1120. The van der Waals surface area contributed by atoms with Crippen LogP contribution in [0.15, 0.2) is 36.9 Å². The van der Waals surface area contributed by atoms with Crippen LogP contribution in [-0.4, -0.2) is 43.7 Å². The van der Waals surface area contributed by atoms with Crippen molar-refractivity contribution in [1.29, 1.82) is 0 Å². The highest BCUT2D eigenvalue weighted by molar-refractivity contribution is 5.88. The average molecular weight is 437 g/mol. The average Bonchev–Trinajstić information content (AvgIpc) is 3.18. The first-order valence-electron chi connectivity index (χ1n) is 10.3. The molecule has 1 amide bonds. The first-order chi connectivity index (χ1) is 15.3. The van der Waals surface area contributed by atoms with Crippen molar-refractivity contribution in [3.8, 4) is 11.1 Å². The van der Waals surface area contributed by atoms with Gasteiger partial charge in [-0.1, -0.05) is 19.9 Å². The van der Waals surface area contributed by atoms with Crippen molar-refractivity contribution in [3.63, 3.8) is 0 Å². The molecule has 1 aromatic carbocycles. The highest BCUT2D eigenvalue weighted by atomic mass is 19.1. The van der Waals surface area contributed by atoms with Crippen LogP contribution in [0.1, 0.15) is 38.2 Å². The molecule has 1 unspecified atom stereocenters. The largest absolute Gasteiger partial charge is 0.447 e. The summed E-state index contributed by atoms with van der Waals surface area (Å²) in [7, 11) is 0. The number of aromatic nitrogens is 5. The summed E-state index contributed by atoms with van der Waals surface area (Å²) in [6.07, 6.45) is 4.27. The van der Waals surface area contributed by atoms with Crippen LogP contribution >= 0.6 is 0 Å². The van der Waals surface area contributed by atoms with E-state index >= 15 is 0 Å². The molecule has 3 aromatic rings. The van der Waals surface area contributed by atoms with Gasteiger partial charge in [0.05, 0.1) is 12.1 Å². The lowest BCUT2D eigenvalue weighted by Crippen LogP contribution is -2.38. The highest BCUT2D eigenvalue weighted by Gasteiger charge is 2.38. The van der Waals surface area contributed by atoms with Crippen LogP contribution < -0.4 is 10.2 Å². The van der Waals surface area contributed by atoms with Gasteiger partial charge >= 0.3 is 6.09 Å². The van der Waals surface area contributed by atoms with Crippen molar-refractivity contribution in [2.45, 2.75) is 39.8 Å². The van der Waals surface area contributed by atoms with E-state index in [9.17, 15) is 9.18 Å². The molecule has 9 nitrogen and oxygen atoms in total. The molecule has 1 N–H and O–H groups in total. The zero-order valence-electron chi connectivity index (χ0n) is 18.3. The summed E-state index contributed by atoms with van der Waals surface area (Å²) in [6.45, 7) is 7.91. The standard InChI is InChI=1S/C22H24FN7O2/c1-12(2)18-10-32-22(31)30(18)21-27-11-26-20(29-21)28-14(4)19-24-8-16(9-25-19)15-5-6-17(23)13(3)7-15/h5-9,11-12,14,18H,10H2,1-4H3,(H,26,27,28,29)/t14-,18?/m1/s1. The minimum atomic E-state index is -0.469. The fraction of sp³-hybridized carbons (Fsp3) is 0.364. The van der Waals surface area contributed by atoms with Gasteiger partial charge in [0.25, 0.3) is 0 Å². The predicted molar refractivity (Wildman–Crippen MR) is 116 cm³/mol. The Labute approximate surface area is 185 Å². The first-order valence-corrected chi connectivity index (χ1v) is 10.3. The fourth-order valence-electron chi connectivity index (χ4n) is 3.42. The second kappa shape index (κ2) is 8.81. The number of nitrogens with one attached hydrogen (secondary N) is 1. The number of hydrogen-bond acceptors (Lipinski definition) is 8. The summed E-state index contributed by atoms with van der Waals surface area (Å²) in [4.78, 5) is 35.2. The maximum Gasteiger partial charge on any atom is 0.417 e. The minimum Gasteiger partial charge on any atom is -0.447 e. The topological polar surface area (TPSA) is 106 Å². The molecule has 166 valence electrons. The van der Waals surface area contributed by atoms with E-state index in [4.69, 9.17) is 4.74 Å². The van der Waals surface area contributed by atoms with E-state index in [1.54, 1.807) is 31.5 Å². The molecule has 0 spiro atoms. The molecular formula is C22H24FN7O2. The van der Waals surface area contributed by atoms with Crippen LogP contribution in [0.3, 0.4) is 0 Å². The van der Waals surface area contributed by atoms with E-state index < -0.39 is 6.09 Å². The molecule has 10 heteroatoms. The van der Waals surface area contributed by atoms with E-state index in [0.717, 1.165) is 11.1 Å². The number of aryl methyl sites for hydroxylation is 1. The first kappa shape index (κ1) is 21.5. The molecule has 2 aromatic heterocycles. The van der Waals surface area contributed by atoms with E-state index in [1.807, 2.05) is 20.8 Å². The van der Waals surface area contributed by atoms with Gasteiger partial charge in [-0.3, -0.25) is 0 Å². The van der Waals surface area contributed by atoms with Crippen molar-refractivity contribution in [3.05, 3.63) is 54.1 Å². The smallest absolute Gasteiger partial charge is 0.417 e. The Balaban J connectivity index is 1.49. The molecule has 1 saturated heterocycles. The van der Waals surface area contributed by atoms with E-state index in [0.29, 0.717) is 23.9 Å². The quantitative estimate of drug-likeness (QED) is 0.618. The van der Waals surface area contributed by atoms with Gasteiger partial charge in [0, 0.05) is 18.0 Å². The third-order valence-corrected chi connectivity index (χ3v) is 5.35. The Morgan fingerprint density at radius 2 is 1.88 bits per heavy atom. The van der Waals surface area contributed by atoms with Crippen molar-refractivity contribution in [2.24, 2.45) is 5.92 Å². The summed E-state index contributed by atoms with van der Waals surface area (Å²) in [6, 6.07) is 4.45. The summed E-state index contributed by atoms with van der Waals surface area (Å²) in [5.41, 5.74) is 2.20. The Kier molecular flexibility index (Phi) is 5.93. The molecule has 32 heavy (non-hydrogen) atoms. The zero-order chi connectivity index (χ0) is 22.8. The molecule has 2 atom stereocenters. The zero-order valence-corrected chi connectivity index (χ0v) is 18.3. The Hall–Kier alpha value is -3.69. The van der Waals surface area contributed by atoms with Crippen molar-refractivity contribution < 1.29 is 13.9 Å². The number of amides is 1. The molecule has 3 heterocycles. The van der Waals surface area contributed by atoms with E-state index in [-0.39, 0.29) is 29.8 Å². The van der Waals surface area contributed by atoms with Crippen molar-refractivity contribution >= 4 is 18.0 Å². The molecule has 0 saturated carbocycles. The van der Waals surface area contributed by atoms with Gasteiger partial charge in [0.1, 0.15) is 24.6 Å². The van der Waals surface area contributed by atoms with Gasteiger partial charge in [-0.05, 0) is 43.0 Å². The normalized spacial score (nSPS) is 16.9. The van der Waals surface area contributed by atoms with E-state index in [2.05, 4.69) is 30.2 Å². The summed E-state index contributed by atoms with van der Waals surface area (Å²) < 4.78 is 18.7. The van der Waals surface area contributed by atoms with Crippen molar-refractivity contribution in [1.82, 2.24) is 24.9 Å². The molecule has 1 fully saturated rings. The molecule has 1 aliphatic rings.